The first kappa shape index (κ1) is 50.1. The Labute approximate surface area is 409 Å². The molecule has 3 unspecified atom stereocenters. The van der Waals surface area contributed by atoms with Gasteiger partial charge in [-0.3, -0.25) is 14.4 Å². The van der Waals surface area contributed by atoms with Gasteiger partial charge < -0.3 is 40.4 Å². The van der Waals surface area contributed by atoms with Crippen LogP contribution in [0.3, 0.4) is 0 Å². The van der Waals surface area contributed by atoms with Crippen LogP contribution < -0.4 is 26.0 Å². The third-order valence-corrected chi connectivity index (χ3v) is 13.5. The van der Waals surface area contributed by atoms with Gasteiger partial charge in [-0.15, -0.1) is 11.3 Å². The van der Waals surface area contributed by atoms with Crippen LogP contribution >= 0.6 is 11.3 Å². The standard InChI is InChI=1S/C42H41N5O3S.C13H22N2O3/c1-27-42(51-26-45-27)30-15-13-29(14-16-30)35(43-2)19-21-50-22-20-44-38-23-31(17-18-39(38)49-3)33-24-37(28-9-5-4-6-10-28)47-41-32-11-7-8-12-36(32)46-40(48)25-34(33)41;1-9(17)14-11(13(2,3)4)12(18)15-7-5-6-10(15)8-16/h4-18,23-24,26,35,43-44H,19-22,25H2,1-3H3,(H,46,48);8,10-11H,5-7H2,1-4H3,(H,14,17). The Kier molecular flexibility index (Phi) is 16.7. The van der Waals surface area contributed by atoms with Crippen LogP contribution in [0.5, 0.6) is 5.75 Å². The van der Waals surface area contributed by atoms with Crippen molar-refractivity contribution in [1.29, 1.82) is 0 Å². The van der Waals surface area contributed by atoms with E-state index in [-0.39, 0.29) is 41.6 Å². The van der Waals surface area contributed by atoms with E-state index in [2.05, 4.69) is 74.8 Å². The number of nitrogens with one attached hydrogen (secondary N) is 4. The molecule has 1 fully saturated rings. The number of aryl methyl sites for hydroxylation is 1. The maximum atomic E-state index is 13.2. The highest BCUT2D eigenvalue weighted by Gasteiger charge is 2.39. The molecule has 14 heteroatoms. The number of para-hydroxylation sites is 1. The number of amides is 3. The predicted molar refractivity (Wildman–Crippen MR) is 275 cm³/mol. The van der Waals surface area contributed by atoms with E-state index in [1.807, 2.05) is 94.9 Å². The van der Waals surface area contributed by atoms with Crippen LogP contribution in [0.25, 0.3) is 44.1 Å². The quantitative estimate of drug-likeness (QED) is 0.0543. The third-order valence-electron chi connectivity index (χ3n) is 12.5. The minimum absolute atomic E-state index is 0.0655. The summed E-state index contributed by atoms with van der Waals surface area (Å²) in [6.45, 7) is 11.5. The van der Waals surface area contributed by atoms with Gasteiger partial charge in [0.05, 0.1) is 65.0 Å². The molecular formula is C55H63N7O6S. The molecule has 4 N–H and O–H groups in total. The molecule has 0 bridgehead atoms. The zero-order valence-corrected chi connectivity index (χ0v) is 41.4. The van der Waals surface area contributed by atoms with Gasteiger partial charge in [-0.2, -0.15) is 0 Å². The Balaban J connectivity index is 0.000000330. The Bertz CT molecular complexity index is 2740. The Hall–Kier alpha value is -6.74. The number of pyridine rings is 1. The van der Waals surface area contributed by atoms with Crippen molar-refractivity contribution >= 4 is 46.7 Å². The Morgan fingerprint density at radius 1 is 0.942 bits per heavy atom. The van der Waals surface area contributed by atoms with E-state index in [9.17, 15) is 19.2 Å². The zero-order chi connectivity index (χ0) is 49.1. The molecule has 13 nitrogen and oxygen atoms in total. The van der Waals surface area contributed by atoms with Gasteiger partial charge in [0.25, 0.3) is 0 Å². The van der Waals surface area contributed by atoms with Crippen molar-refractivity contribution in [3.63, 3.8) is 0 Å². The van der Waals surface area contributed by atoms with Gasteiger partial charge in [0.15, 0.2) is 0 Å². The summed E-state index contributed by atoms with van der Waals surface area (Å²) < 4.78 is 11.8. The molecule has 2 aromatic heterocycles. The van der Waals surface area contributed by atoms with E-state index in [1.54, 1.807) is 23.3 Å². The number of aromatic nitrogens is 2. The van der Waals surface area contributed by atoms with E-state index in [0.29, 0.717) is 32.7 Å². The van der Waals surface area contributed by atoms with Gasteiger partial charge in [-0.05, 0) is 90.7 Å². The Morgan fingerprint density at radius 3 is 2.36 bits per heavy atom. The van der Waals surface area contributed by atoms with Gasteiger partial charge >= 0.3 is 0 Å². The van der Waals surface area contributed by atoms with Gasteiger partial charge in [0.1, 0.15) is 18.1 Å². The highest BCUT2D eigenvalue weighted by atomic mass is 32.1. The van der Waals surface area contributed by atoms with Crippen LogP contribution in [0.1, 0.15) is 69.8 Å². The van der Waals surface area contributed by atoms with Crippen molar-refractivity contribution in [1.82, 2.24) is 25.5 Å². The summed E-state index contributed by atoms with van der Waals surface area (Å²) in [6.07, 6.45) is 3.44. The number of benzene rings is 4. The summed E-state index contributed by atoms with van der Waals surface area (Å²) in [5.41, 5.74) is 13.0. The van der Waals surface area contributed by atoms with Crippen molar-refractivity contribution in [2.24, 2.45) is 5.41 Å². The lowest BCUT2D eigenvalue weighted by Gasteiger charge is -2.34. The molecule has 0 spiro atoms. The van der Waals surface area contributed by atoms with E-state index in [0.717, 1.165) is 81.2 Å². The summed E-state index contributed by atoms with van der Waals surface area (Å²) in [6, 6.07) is 34.2. The fourth-order valence-electron chi connectivity index (χ4n) is 8.86. The molecule has 0 aliphatic carbocycles. The zero-order valence-electron chi connectivity index (χ0n) is 40.6. The summed E-state index contributed by atoms with van der Waals surface area (Å²) in [4.78, 5) is 60.1. The lowest BCUT2D eigenvalue weighted by molar-refractivity contribution is -0.141. The number of fused-ring (bicyclic) bond motifs is 3. The number of thiazole rings is 1. The molecule has 2 aliphatic rings. The second-order valence-corrected chi connectivity index (χ2v) is 19.2. The number of carbonyl (C=O) groups is 4. The van der Waals surface area contributed by atoms with E-state index in [4.69, 9.17) is 14.5 Å². The molecule has 1 saturated heterocycles. The molecule has 4 heterocycles. The SMILES string of the molecule is CC(=O)NC(C(=O)N1CCCC1C=O)C(C)(C)C.CNC(CCOCCNc1cc(-c2cc(-c3ccccc3)nc3c2CC(=O)Nc2ccccc2-3)ccc1OC)c1ccc(-c2scnc2C)cc1. The van der Waals surface area contributed by atoms with E-state index < -0.39 is 6.04 Å². The summed E-state index contributed by atoms with van der Waals surface area (Å²) in [7, 11) is 3.66. The highest BCUT2D eigenvalue weighted by molar-refractivity contribution is 7.13. The molecule has 8 rings (SSSR count). The minimum Gasteiger partial charge on any atom is -0.495 e. The van der Waals surface area contributed by atoms with Crippen LogP contribution in [-0.4, -0.2) is 91.4 Å². The van der Waals surface area contributed by atoms with Crippen molar-refractivity contribution < 1.29 is 28.7 Å². The largest absolute Gasteiger partial charge is 0.495 e. The van der Waals surface area contributed by atoms with Crippen LogP contribution in [-0.2, 0) is 30.3 Å². The fourth-order valence-corrected chi connectivity index (χ4v) is 9.68. The molecule has 2 aliphatic heterocycles. The third kappa shape index (κ3) is 12.3. The molecule has 360 valence electrons. The Morgan fingerprint density at radius 2 is 1.68 bits per heavy atom. The first-order valence-corrected chi connectivity index (χ1v) is 24.4. The second kappa shape index (κ2) is 23.0. The number of ether oxygens (including phenoxy) is 2. The lowest BCUT2D eigenvalue weighted by atomic mass is 9.85. The van der Waals surface area contributed by atoms with Crippen LogP contribution in [0.2, 0.25) is 0 Å². The van der Waals surface area contributed by atoms with Crippen LogP contribution in [0.15, 0.2) is 109 Å². The molecule has 69 heavy (non-hydrogen) atoms. The maximum absolute atomic E-state index is 13.2. The van der Waals surface area contributed by atoms with Crippen molar-refractivity contribution in [2.45, 2.75) is 78.4 Å². The highest BCUT2D eigenvalue weighted by Crippen LogP contribution is 2.41. The van der Waals surface area contributed by atoms with Crippen LogP contribution in [0.4, 0.5) is 11.4 Å². The van der Waals surface area contributed by atoms with Crippen molar-refractivity contribution in [3.8, 4) is 49.8 Å². The molecule has 0 saturated carbocycles. The summed E-state index contributed by atoms with van der Waals surface area (Å²) >= 11 is 1.67. The van der Waals surface area contributed by atoms with Gasteiger partial charge in [-0.1, -0.05) is 99.6 Å². The van der Waals surface area contributed by atoms with Gasteiger partial charge in [-0.25, -0.2) is 9.97 Å². The predicted octanol–water partition coefficient (Wildman–Crippen LogP) is 9.52. The summed E-state index contributed by atoms with van der Waals surface area (Å²) in [5.74, 6) is 0.277. The normalized spacial score (nSPS) is 15.0. The second-order valence-electron chi connectivity index (χ2n) is 18.4. The number of carbonyl (C=O) groups excluding carboxylic acids is 4. The summed E-state index contributed by atoms with van der Waals surface area (Å²) in [5, 5.41) is 12.7. The van der Waals surface area contributed by atoms with E-state index in [1.165, 1.54) is 22.9 Å². The average molecular weight is 950 g/mol. The number of hydrogen-bond acceptors (Lipinski definition) is 11. The van der Waals surface area contributed by atoms with E-state index >= 15 is 0 Å². The molecule has 3 amide bonds. The topological polar surface area (TPSA) is 164 Å². The number of rotatable bonds is 16. The van der Waals surface area contributed by atoms with Gasteiger partial charge in [0.2, 0.25) is 17.7 Å². The van der Waals surface area contributed by atoms with Crippen molar-refractivity contribution in [2.75, 3.05) is 51.1 Å². The number of anilines is 2. The maximum Gasteiger partial charge on any atom is 0.246 e. The minimum atomic E-state index is -0.587. The van der Waals surface area contributed by atoms with Crippen molar-refractivity contribution in [3.05, 3.63) is 125 Å². The molecule has 6 aromatic rings. The number of aldehydes is 1. The monoisotopic (exact) mass is 949 g/mol. The molecular weight excluding hydrogens is 887 g/mol. The number of nitrogens with zero attached hydrogens (tertiary/aromatic N) is 3. The average Bonchev–Trinajstić information content (AvgIpc) is 3.99. The molecule has 0 radical (unpaired) electrons. The first-order chi connectivity index (χ1) is 33.3. The van der Waals surface area contributed by atoms with Gasteiger partial charge in [0, 0.05) is 43.8 Å². The first-order valence-electron chi connectivity index (χ1n) is 23.5. The van der Waals surface area contributed by atoms with Crippen LogP contribution in [0, 0.1) is 12.3 Å². The number of hydrogen-bond donors (Lipinski definition) is 4. The molecule has 3 atom stereocenters. The lowest BCUT2D eigenvalue weighted by Crippen LogP contribution is -2.55. The fraction of sp³-hybridized carbons (Fsp3) is 0.345. The number of likely N-dealkylation sites (tertiary alicyclic amines) is 1. The number of methoxy groups -OCH3 is 1. The smallest absolute Gasteiger partial charge is 0.246 e. The molecule has 4 aromatic carbocycles.